The van der Waals surface area contributed by atoms with Crippen LogP contribution in [-0.4, -0.2) is 36.7 Å². The lowest BCUT2D eigenvalue weighted by Crippen LogP contribution is -2.58. The summed E-state index contributed by atoms with van der Waals surface area (Å²) in [6, 6.07) is 16.5. The highest BCUT2D eigenvalue weighted by atomic mass is 16.5. The molecule has 1 spiro atoms. The van der Waals surface area contributed by atoms with Gasteiger partial charge in [0, 0.05) is 5.92 Å². The predicted molar refractivity (Wildman–Crippen MR) is 108 cm³/mol. The van der Waals surface area contributed by atoms with E-state index < -0.39 is 17.8 Å². The molecule has 0 bridgehead atoms. The molecule has 2 aromatic rings. The summed E-state index contributed by atoms with van der Waals surface area (Å²) in [5, 5.41) is 12.9. The van der Waals surface area contributed by atoms with E-state index in [0.717, 1.165) is 25.9 Å². The number of carbonyl (C=O) groups is 2. The number of esters is 1. The van der Waals surface area contributed by atoms with Gasteiger partial charge in [0.1, 0.15) is 6.61 Å². The minimum Gasteiger partial charge on any atom is -0.481 e. The second kappa shape index (κ2) is 6.99. The van der Waals surface area contributed by atoms with Crippen LogP contribution in [0.1, 0.15) is 36.3 Å². The molecular formula is C24H25NO4. The lowest BCUT2D eigenvalue weighted by Gasteiger charge is -2.54. The molecule has 1 saturated carbocycles. The molecule has 0 amide bonds. The Hall–Kier alpha value is -2.66. The zero-order valence-corrected chi connectivity index (χ0v) is 16.3. The van der Waals surface area contributed by atoms with Crippen LogP contribution in [0.15, 0.2) is 48.5 Å². The number of carboxylic acids is 1. The van der Waals surface area contributed by atoms with Crippen molar-refractivity contribution in [1.82, 2.24) is 5.32 Å². The topological polar surface area (TPSA) is 75.6 Å². The van der Waals surface area contributed by atoms with Gasteiger partial charge in [-0.15, -0.1) is 0 Å². The third-order valence-corrected chi connectivity index (χ3v) is 7.21. The SMILES string of the molecule is O=C(O)C1CC2(CCNCC2)C1C(=O)OCC1c2ccccc2-c2ccccc21. The molecule has 0 radical (unpaired) electrons. The van der Waals surface area contributed by atoms with Gasteiger partial charge < -0.3 is 15.2 Å². The molecule has 2 aliphatic carbocycles. The molecule has 2 N–H and O–H groups in total. The number of hydrogen-bond donors (Lipinski definition) is 2. The van der Waals surface area contributed by atoms with Crippen molar-refractivity contribution in [3.05, 3.63) is 59.7 Å². The number of carboxylic acid groups (broad SMARTS) is 1. The average Bonchev–Trinajstić information content (AvgIpc) is 3.05. The summed E-state index contributed by atoms with van der Waals surface area (Å²) in [6.45, 7) is 1.92. The summed E-state index contributed by atoms with van der Waals surface area (Å²) in [5.41, 5.74) is 4.50. The van der Waals surface area contributed by atoms with Crippen LogP contribution in [0.3, 0.4) is 0 Å². The van der Waals surface area contributed by atoms with Crippen LogP contribution in [0.2, 0.25) is 0 Å². The lowest BCUT2D eigenvalue weighted by atomic mass is 9.50. The Balaban J connectivity index is 1.37. The van der Waals surface area contributed by atoms with Gasteiger partial charge in [0.05, 0.1) is 11.8 Å². The number of ether oxygens (including phenoxy) is 1. The number of carbonyl (C=O) groups excluding carboxylic acids is 1. The summed E-state index contributed by atoms with van der Waals surface area (Å²) in [7, 11) is 0. The van der Waals surface area contributed by atoms with Gasteiger partial charge in [0.2, 0.25) is 0 Å². The largest absolute Gasteiger partial charge is 0.481 e. The maximum Gasteiger partial charge on any atom is 0.310 e. The van der Waals surface area contributed by atoms with Gasteiger partial charge in [-0.3, -0.25) is 9.59 Å². The molecule has 2 fully saturated rings. The summed E-state index contributed by atoms with van der Waals surface area (Å²) >= 11 is 0. The normalized spacial score (nSPS) is 24.4. The molecular weight excluding hydrogens is 366 g/mol. The number of rotatable bonds is 4. The van der Waals surface area contributed by atoms with E-state index in [-0.39, 0.29) is 23.9 Å². The molecule has 29 heavy (non-hydrogen) atoms. The zero-order chi connectivity index (χ0) is 20.0. The number of aliphatic carboxylic acids is 1. The summed E-state index contributed by atoms with van der Waals surface area (Å²) < 4.78 is 5.83. The fraction of sp³-hybridized carbons (Fsp3) is 0.417. The van der Waals surface area contributed by atoms with Crippen molar-refractivity contribution in [2.24, 2.45) is 17.3 Å². The van der Waals surface area contributed by atoms with Crippen LogP contribution in [0.5, 0.6) is 0 Å². The lowest BCUT2D eigenvalue weighted by molar-refractivity contribution is -0.184. The Labute approximate surface area is 170 Å². The molecule has 1 heterocycles. The fourth-order valence-corrected chi connectivity index (χ4v) is 5.73. The van der Waals surface area contributed by atoms with E-state index in [9.17, 15) is 14.7 Å². The van der Waals surface area contributed by atoms with Crippen molar-refractivity contribution in [3.63, 3.8) is 0 Å². The minimum absolute atomic E-state index is 0.00122. The van der Waals surface area contributed by atoms with E-state index in [4.69, 9.17) is 4.74 Å². The first-order valence-electron chi connectivity index (χ1n) is 10.4. The smallest absolute Gasteiger partial charge is 0.310 e. The van der Waals surface area contributed by atoms with Crippen LogP contribution < -0.4 is 5.32 Å². The Morgan fingerprint density at radius 2 is 1.59 bits per heavy atom. The predicted octanol–water partition coefficient (Wildman–Crippen LogP) is 3.43. The van der Waals surface area contributed by atoms with Gasteiger partial charge in [-0.1, -0.05) is 48.5 Å². The Kier molecular flexibility index (Phi) is 4.43. The van der Waals surface area contributed by atoms with Crippen LogP contribution in [-0.2, 0) is 14.3 Å². The van der Waals surface area contributed by atoms with Crippen molar-refractivity contribution in [2.75, 3.05) is 19.7 Å². The molecule has 150 valence electrons. The monoisotopic (exact) mass is 391 g/mol. The molecule has 5 nitrogen and oxygen atoms in total. The van der Waals surface area contributed by atoms with Gasteiger partial charge >= 0.3 is 11.9 Å². The maximum atomic E-state index is 13.1. The van der Waals surface area contributed by atoms with Gasteiger partial charge in [-0.2, -0.15) is 0 Å². The van der Waals surface area contributed by atoms with Gasteiger partial charge in [-0.05, 0) is 60.0 Å². The molecule has 1 saturated heterocycles. The van der Waals surface area contributed by atoms with E-state index in [1.165, 1.54) is 22.3 Å². The van der Waals surface area contributed by atoms with E-state index in [2.05, 4.69) is 29.6 Å². The van der Waals surface area contributed by atoms with E-state index in [0.29, 0.717) is 6.42 Å². The first kappa shape index (κ1) is 18.4. The second-order valence-corrected chi connectivity index (χ2v) is 8.60. The summed E-state index contributed by atoms with van der Waals surface area (Å²) in [5.74, 6) is -2.38. The Bertz CT molecular complexity index is 917. The molecule has 3 aliphatic rings. The number of benzene rings is 2. The highest BCUT2D eigenvalue weighted by molar-refractivity contribution is 5.84. The summed E-state index contributed by atoms with van der Waals surface area (Å²) in [4.78, 5) is 24.8. The molecule has 2 aromatic carbocycles. The number of hydrogen-bond acceptors (Lipinski definition) is 4. The highest BCUT2D eigenvalue weighted by Gasteiger charge is 2.60. The molecule has 1 aliphatic heterocycles. The Morgan fingerprint density at radius 1 is 1.00 bits per heavy atom. The van der Waals surface area contributed by atoms with Crippen molar-refractivity contribution < 1.29 is 19.4 Å². The second-order valence-electron chi connectivity index (χ2n) is 8.60. The van der Waals surface area contributed by atoms with Crippen LogP contribution >= 0.6 is 0 Å². The van der Waals surface area contributed by atoms with Crippen molar-refractivity contribution in [1.29, 1.82) is 0 Å². The van der Waals surface area contributed by atoms with Gasteiger partial charge in [0.25, 0.3) is 0 Å². The maximum absolute atomic E-state index is 13.1. The fourth-order valence-electron chi connectivity index (χ4n) is 5.73. The molecule has 0 aromatic heterocycles. The Morgan fingerprint density at radius 3 is 2.17 bits per heavy atom. The number of piperidine rings is 1. The van der Waals surface area contributed by atoms with E-state index in [1.807, 2.05) is 24.3 Å². The quantitative estimate of drug-likeness (QED) is 0.781. The number of fused-ring (bicyclic) bond motifs is 3. The highest BCUT2D eigenvalue weighted by Crippen LogP contribution is 2.57. The third-order valence-electron chi connectivity index (χ3n) is 7.21. The minimum atomic E-state index is -0.882. The first-order valence-corrected chi connectivity index (χ1v) is 10.4. The molecule has 2 unspecified atom stereocenters. The van der Waals surface area contributed by atoms with Crippen molar-refractivity contribution >= 4 is 11.9 Å². The zero-order valence-electron chi connectivity index (χ0n) is 16.3. The first-order chi connectivity index (χ1) is 14.1. The standard InChI is InChI=1S/C24H25NO4/c26-22(27)19-13-24(9-11-25-12-10-24)21(19)23(28)29-14-20-17-7-3-1-5-15(17)16-6-2-4-8-18(16)20/h1-8,19-21,25H,9-14H2,(H,26,27). The van der Waals surface area contributed by atoms with Crippen molar-refractivity contribution in [2.45, 2.75) is 25.2 Å². The van der Waals surface area contributed by atoms with E-state index >= 15 is 0 Å². The molecule has 2 atom stereocenters. The molecule has 5 heteroatoms. The van der Waals surface area contributed by atoms with Crippen LogP contribution in [0, 0.1) is 17.3 Å². The average molecular weight is 391 g/mol. The number of nitrogens with one attached hydrogen (secondary N) is 1. The third kappa shape index (κ3) is 2.87. The van der Waals surface area contributed by atoms with Gasteiger partial charge in [0.15, 0.2) is 0 Å². The molecule has 5 rings (SSSR count). The summed E-state index contributed by atoms with van der Waals surface area (Å²) in [6.07, 6.45) is 2.26. The van der Waals surface area contributed by atoms with Crippen LogP contribution in [0.25, 0.3) is 11.1 Å². The van der Waals surface area contributed by atoms with Crippen molar-refractivity contribution in [3.8, 4) is 11.1 Å². The van der Waals surface area contributed by atoms with Crippen LogP contribution in [0.4, 0.5) is 0 Å². The van der Waals surface area contributed by atoms with Gasteiger partial charge in [-0.25, -0.2) is 0 Å². The van der Waals surface area contributed by atoms with E-state index in [1.54, 1.807) is 0 Å².